The zero-order chi connectivity index (χ0) is 19.5. The molecule has 0 aromatic carbocycles. The van der Waals surface area contributed by atoms with E-state index in [0.717, 1.165) is 22.0 Å². The number of amides is 1. The molecule has 144 valence electrons. The zero-order valence-corrected chi connectivity index (χ0v) is 17.0. The van der Waals surface area contributed by atoms with E-state index < -0.39 is 0 Å². The Morgan fingerprint density at radius 2 is 2.14 bits per heavy atom. The van der Waals surface area contributed by atoms with Crippen LogP contribution in [0.2, 0.25) is 0 Å². The Kier molecular flexibility index (Phi) is 5.36. The molecule has 4 aromatic rings. The number of furan rings is 1. The molecular weight excluding hydrogens is 396 g/mol. The molecule has 0 unspecified atom stereocenters. The monoisotopic (exact) mass is 414 g/mol. The number of rotatable bonds is 7. The van der Waals surface area contributed by atoms with Crippen LogP contribution in [-0.2, 0) is 6.54 Å². The van der Waals surface area contributed by atoms with Crippen molar-refractivity contribution in [1.29, 1.82) is 0 Å². The number of carbonyl (C=O) groups excluding carboxylic acids is 1. The summed E-state index contributed by atoms with van der Waals surface area (Å²) in [6.45, 7) is 4.72. The van der Waals surface area contributed by atoms with Gasteiger partial charge in [-0.05, 0) is 36.9 Å². The maximum atomic E-state index is 13.2. The molecule has 1 amide bonds. The van der Waals surface area contributed by atoms with Gasteiger partial charge in [-0.15, -0.1) is 32.9 Å². The maximum absolute atomic E-state index is 13.2. The number of carbonyl (C=O) groups is 1. The molecule has 0 aliphatic rings. The van der Waals surface area contributed by atoms with Crippen molar-refractivity contribution in [1.82, 2.24) is 20.1 Å². The molecule has 28 heavy (non-hydrogen) atoms. The van der Waals surface area contributed by atoms with Crippen LogP contribution in [0.25, 0.3) is 21.5 Å². The van der Waals surface area contributed by atoms with E-state index in [2.05, 4.69) is 15.2 Å². The van der Waals surface area contributed by atoms with Crippen molar-refractivity contribution in [3.63, 3.8) is 0 Å². The summed E-state index contributed by atoms with van der Waals surface area (Å²) < 4.78 is 10.9. The second-order valence-electron chi connectivity index (χ2n) is 6.12. The molecular formula is C19H18N4O3S2. The molecule has 0 fully saturated rings. The van der Waals surface area contributed by atoms with Gasteiger partial charge in [-0.25, -0.2) is 4.98 Å². The lowest BCUT2D eigenvalue weighted by molar-refractivity contribution is 0.0732. The molecule has 9 heteroatoms. The van der Waals surface area contributed by atoms with E-state index in [0.29, 0.717) is 29.0 Å². The predicted molar refractivity (Wildman–Crippen MR) is 107 cm³/mol. The molecule has 0 saturated carbocycles. The SMILES string of the molecule is CCCN(Cc1nnc(-c2ccco2)o1)C(=O)c1sc(-c2cccs2)nc1C. The predicted octanol–water partition coefficient (Wildman–Crippen LogP) is 4.88. The summed E-state index contributed by atoms with van der Waals surface area (Å²) in [5.74, 6) is 1.11. The Morgan fingerprint density at radius 3 is 2.86 bits per heavy atom. The minimum Gasteiger partial charge on any atom is -0.459 e. The molecule has 0 atom stereocenters. The van der Waals surface area contributed by atoms with Gasteiger partial charge in [0.15, 0.2) is 5.76 Å². The standard InChI is InChI=1S/C19H18N4O3S2/c1-3-8-23(11-15-21-22-17(26-15)13-6-4-9-25-13)19(24)16-12(2)20-18(28-16)14-7-5-10-27-14/h4-7,9-10H,3,8,11H2,1-2H3. The molecule has 0 bridgehead atoms. The Hall–Kier alpha value is -2.78. The first-order valence-electron chi connectivity index (χ1n) is 8.82. The number of hydrogen-bond donors (Lipinski definition) is 0. The molecule has 0 aliphatic carbocycles. The Bertz CT molecular complexity index is 1050. The van der Waals surface area contributed by atoms with E-state index >= 15 is 0 Å². The van der Waals surface area contributed by atoms with Gasteiger partial charge in [0.05, 0.1) is 23.4 Å². The molecule has 0 saturated heterocycles. The lowest BCUT2D eigenvalue weighted by Crippen LogP contribution is -2.31. The lowest BCUT2D eigenvalue weighted by atomic mass is 10.3. The van der Waals surface area contributed by atoms with Gasteiger partial charge in [-0.2, -0.15) is 0 Å². The third-order valence-electron chi connectivity index (χ3n) is 4.03. The maximum Gasteiger partial charge on any atom is 0.283 e. The number of aromatic nitrogens is 3. The van der Waals surface area contributed by atoms with Crippen LogP contribution in [0.5, 0.6) is 0 Å². The highest BCUT2D eigenvalue weighted by atomic mass is 32.1. The first-order valence-corrected chi connectivity index (χ1v) is 10.5. The smallest absolute Gasteiger partial charge is 0.283 e. The van der Waals surface area contributed by atoms with Gasteiger partial charge in [-0.1, -0.05) is 13.0 Å². The highest BCUT2D eigenvalue weighted by Gasteiger charge is 2.24. The average Bonchev–Trinajstić information content (AvgIpc) is 3.46. The largest absolute Gasteiger partial charge is 0.459 e. The second kappa shape index (κ2) is 8.07. The minimum absolute atomic E-state index is 0.0718. The highest BCUT2D eigenvalue weighted by Crippen LogP contribution is 2.32. The third kappa shape index (κ3) is 3.76. The summed E-state index contributed by atoms with van der Waals surface area (Å²) in [5.41, 5.74) is 0.737. The fourth-order valence-corrected chi connectivity index (χ4v) is 4.58. The molecule has 0 N–H and O–H groups in total. The molecule has 4 aromatic heterocycles. The minimum atomic E-state index is -0.0718. The number of aryl methyl sites for hydroxylation is 1. The number of thiazole rings is 1. The Labute approximate surface area is 169 Å². The third-order valence-corrected chi connectivity index (χ3v) is 6.21. The van der Waals surface area contributed by atoms with Gasteiger partial charge in [0.1, 0.15) is 9.88 Å². The van der Waals surface area contributed by atoms with Crippen molar-refractivity contribution in [2.24, 2.45) is 0 Å². The first kappa shape index (κ1) is 18.6. The number of thiophene rings is 1. The van der Waals surface area contributed by atoms with Crippen LogP contribution >= 0.6 is 22.7 Å². The van der Waals surface area contributed by atoms with E-state index in [4.69, 9.17) is 8.83 Å². The van der Waals surface area contributed by atoms with Crippen LogP contribution < -0.4 is 0 Å². The van der Waals surface area contributed by atoms with Crippen molar-refractivity contribution in [2.75, 3.05) is 6.54 Å². The molecule has 0 spiro atoms. The molecule has 0 aliphatic heterocycles. The summed E-state index contributed by atoms with van der Waals surface area (Å²) in [5, 5.41) is 10.9. The van der Waals surface area contributed by atoms with Crippen LogP contribution in [0, 0.1) is 6.92 Å². The van der Waals surface area contributed by atoms with Crippen molar-refractivity contribution in [2.45, 2.75) is 26.8 Å². The molecule has 4 rings (SSSR count). The summed E-state index contributed by atoms with van der Waals surface area (Å²) in [7, 11) is 0. The average molecular weight is 415 g/mol. The van der Waals surface area contributed by atoms with E-state index in [-0.39, 0.29) is 12.5 Å². The fourth-order valence-electron chi connectivity index (χ4n) is 2.75. The van der Waals surface area contributed by atoms with Gasteiger partial charge in [0.2, 0.25) is 5.89 Å². The van der Waals surface area contributed by atoms with E-state index in [1.807, 2.05) is 31.4 Å². The summed E-state index contributed by atoms with van der Waals surface area (Å²) in [6, 6.07) is 7.49. The van der Waals surface area contributed by atoms with Crippen LogP contribution in [0.3, 0.4) is 0 Å². The Morgan fingerprint density at radius 1 is 1.25 bits per heavy atom. The van der Waals surface area contributed by atoms with E-state index in [9.17, 15) is 4.79 Å². The fraction of sp³-hybridized carbons (Fsp3) is 0.263. The molecule has 4 heterocycles. The summed E-state index contributed by atoms with van der Waals surface area (Å²) in [4.78, 5) is 21.2. The van der Waals surface area contributed by atoms with Crippen LogP contribution in [-0.4, -0.2) is 32.5 Å². The molecule has 7 nitrogen and oxygen atoms in total. The van der Waals surface area contributed by atoms with Crippen molar-refractivity contribution in [3.8, 4) is 21.5 Å². The highest BCUT2D eigenvalue weighted by molar-refractivity contribution is 7.22. The van der Waals surface area contributed by atoms with Gasteiger partial charge in [-0.3, -0.25) is 4.79 Å². The zero-order valence-electron chi connectivity index (χ0n) is 15.4. The van der Waals surface area contributed by atoms with E-state index in [1.54, 1.807) is 34.6 Å². The van der Waals surface area contributed by atoms with Gasteiger partial charge < -0.3 is 13.7 Å². The topological polar surface area (TPSA) is 85.3 Å². The first-order chi connectivity index (χ1) is 13.7. The number of hydrogen-bond acceptors (Lipinski definition) is 8. The van der Waals surface area contributed by atoms with Gasteiger partial charge >= 0.3 is 0 Å². The number of nitrogens with zero attached hydrogens (tertiary/aromatic N) is 4. The quantitative estimate of drug-likeness (QED) is 0.429. The lowest BCUT2D eigenvalue weighted by Gasteiger charge is -2.19. The Balaban J connectivity index is 1.55. The van der Waals surface area contributed by atoms with Crippen molar-refractivity contribution in [3.05, 3.63) is 52.4 Å². The summed E-state index contributed by atoms with van der Waals surface area (Å²) in [6.07, 6.45) is 2.37. The normalized spacial score (nSPS) is 11.1. The van der Waals surface area contributed by atoms with Crippen molar-refractivity contribution >= 4 is 28.6 Å². The van der Waals surface area contributed by atoms with E-state index in [1.165, 1.54) is 11.3 Å². The second-order valence-corrected chi connectivity index (χ2v) is 8.06. The summed E-state index contributed by atoms with van der Waals surface area (Å²) >= 11 is 3.03. The van der Waals surface area contributed by atoms with Crippen LogP contribution in [0.15, 0.2) is 44.7 Å². The van der Waals surface area contributed by atoms with Crippen LogP contribution in [0.4, 0.5) is 0 Å². The molecule has 0 radical (unpaired) electrons. The van der Waals surface area contributed by atoms with Gasteiger partial charge in [0.25, 0.3) is 11.8 Å². The van der Waals surface area contributed by atoms with Crippen LogP contribution in [0.1, 0.15) is 34.6 Å². The van der Waals surface area contributed by atoms with Gasteiger partial charge in [0, 0.05) is 6.54 Å². The van der Waals surface area contributed by atoms with Crippen molar-refractivity contribution < 1.29 is 13.6 Å².